The molecule has 1 aromatic carbocycles. The van der Waals surface area contributed by atoms with Crippen LogP contribution in [0.2, 0.25) is 0 Å². The fourth-order valence-electron chi connectivity index (χ4n) is 4.63. The number of carbonyl (C=O) groups excluding carboxylic acids is 1. The second kappa shape index (κ2) is 16.6. The number of amides is 1. The molecule has 0 spiro atoms. The molecule has 0 fully saturated rings. The second-order valence-electron chi connectivity index (χ2n) is 10.3. The van der Waals surface area contributed by atoms with Crippen LogP contribution in [0.5, 0.6) is 0 Å². The second-order valence-corrected chi connectivity index (χ2v) is 10.3. The van der Waals surface area contributed by atoms with Crippen LogP contribution in [0.15, 0.2) is 36.7 Å². The smallest absolute Gasteiger partial charge is 0.251 e. The summed E-state index contributed by atoms with van der Waals surface area (Å²) in [5, 5.41) is 11.5. The van der Waals surface area contributed by atoms with Gasteiger partial charge in [-0.15, -0.1) is 5.10 Å². The van der Waals surface area contributed by atoms with Crippen molar-refractivity contribution in [3.63, 3.8) is 0 Å². The first-order chi connectivity index (χ1) is 18.6. The number of nitrogen functional groups attached to an aromatic ring is 1. The van der Waals surface area contributed by atoms with E-state index in [0.29, 0.717) is 24.6 Å². The average molecular weight is 522 g/mol. The van der Waals surface area contributed by atoms with E-state index in [1.807, 2.05) is 23.0 Å². The predicted octanol–water partition coefficient (Wildman–Crippen LogP) is 5.76. The largest absolute Gasteiger partial charge is 0.369 e. The summed E-state index contributed by atoms with van der Waals surface area (Å²) >= 11 is 0. The van der Waals surface area contributed by atoms with E-state index in [2.05, 4.69) is 57.4 Å². The van der Waals surface area contributed by atoms with Crippen molar-refractivity contribution in [3.8, 4) is 0 Å². The lowest BCUT2D eigenvalue weighted by Crippen LogP contribution is -2.27. The highest BCUT2D eigenvalue weighted by atomic mass is 16.1. The highest BCUT2D eigenvalue weighted by molar-refractivity contribution is 5.94. The van der Waals surface area contributed by atoms with Gasteiger partial charge in [0.2, 0.25) is 0 Å². The molecule has 2 heterocycles. The number of unbranched alkanes of at least 4 members (excludes halogenated alkanes) is 7. The number of nitrogens with two attached hydrogens (primary N) is 1. The number of anilines is 1. The Labute approximate surface area is 228 Å². The molecule has 38 heavy (non-hydrogen) atoms. The van der Waals surface area contributed by atoms with E-state index >= 15 is 0 Å². The maximum Gasteiger partial charge on any atom is 0.251 e. The molecule has 3 N–H and O–H groups in total. The number of carbonyl (C=O) groups is 1. The van der Waals surface area contributed by atoms with Crippen molar-refractivity contribution in [1.29, 1.82) is 0 Å². The third-order valence-electron chi connectivity index (χ3n) is 6.97. The Hall–Kier alpha value is -3.16. The quantitative estimate of drug-likeness (QED) is 0.195. The summed E-state index contributed by atoms with van der Waals surface area (Å²) in [7, 11) is 0. The van der Waals surface area contributed by atoms with Crippen LogP contribution in [-0.4, -0.2) is 37.0 Å². The number of hydrogen-bond acceptors (Lipinski definition) is 5. The third kappa shape index (κ3) is 10.3. The Morgan fingerprint density at radius 2 is 1.50 bits per heavy atom. The standard InChI is InChI=1S/C30H47N7O/c1-3-5-7-12-21-36-23-27(33-30(36)31)14-10-8-11-15-28-24-37(35-34-28)22-20-32-29(38)26-18-16-25(17-19-26)13-9-6-4-2/h16-19,23-24H,3-15,20-22H2,1-2H3,(H2,31,33)(H,32,38). The lowest BCUT2D eigenvalue weighted by atomic mass is 10.1. The topological polar surface area (TPSA) is 104 Å². The summed E-state index contributed by atoms with van der Waals surface area (Å²) in [5.74, 6) is 0.591. The van der Waals surface area contributed by atoms with Crippen LogP contribution in [0.3, 0.4) is 0 Å². The van der Waals surface area contributed by atoms with Crippen molar-refractivity contribution in [3.05, 3.63) is 59.2 Å². The zero-order valence-corrected chi connectivity index (χ0v) is 23.5. The van der Waals surface area contributed by atoms with Gasteiger partial charge in [0, 0.05) is 31.0 Å². The van der Waals surface area contributed by atoms with Crippen molar-refractivity contribution in [2.24, 2.45) is 0 Å². The van der Waals surface area contributed by atoms with E-state index in [-0.39, 0.29) is 5.91 Å². The number of nitrogens with one attached hydrogen (secondary N) is 1. The Kier molecular flexibility index (Phi) is 12.9. The van der Waals surface area contributed by atoms with E-state index in [1.54, 1.807) is 0 Å². The van der Waals surface area contributed by atoms with Gasteiger partial charge in [-0.2, -0.15) is 0 Å². The van der Waals surface area contributed by atoms with Crippen LogP contribution in [0.25, 0.3) is 0 Å². The van der Waals surface area contributed by atoms with Crippen molar-refractivity contribution in [2.75, 3.05) is 12.3 Å². The Bertz CT molecular complexity index is 1070. The molecule has 0 bridgehead atoms. The summed E-state index contributed by atoms with van der Waals surface area (Å²) in [6.45, 7) is 6.53. The molecule has 208 valence electrons. The Morgan fingerprint density at radius 3 is 2.26 bits per heavy atom. The first-order valence-electron chi connectivity index (χ1n) is 14.7. The van der Waals surface area contributed by atoms with E-state index < -0.39 is 0 Å². The molecule has 0 saturated carbocycles. The fourth-order valence-corrected chi connectivity index (χ4v) is 4.63. The monoisotopic (exact) mass is 521 g/mol. The zero-order chi connectivity index (χ0) is 27.0. The number of benzene rings is 1. The van der Waals surface area contributed by atoms with Crippen molar-refractivity contribution >= 4 is 11.9 Å². The number of nitrogens with zero attached hydrogens (tertiary/aromatic N) is 5. The fraction of sp³-hybridized carbons (Fsp3) is 0.600. The van der Waals surface area contributed by atoms with Crippen molar-refractivity contribution < 1.29 is 4.79 Å². The van der Waals surface area contributed by atoms with Gasteiger partial charge in [-0.05, 0) is 62.6 Å². The molecular weight excluding hydrogens is 474 g/mol. The SMILES string of the molecule is CCCCCCn1cc(CCCCCc2cn(CCNC(=O)c3ccc(CCCCC)cc3)nn2)nc1N. The maximum absolute atomic E-state index is 12.4. The van der Waals surface area contributed by atoms with E-state index in [0.717, 1.165) is 62.9 Å². The van der Waals surface area contributed by atoms with Crippen LogP contribution in [0.1, 0.15) is 105 Å². The Morgan fingerprint density at radius 1 is 0.816 bits per heavy atom. The van der Waals surface area contributed by atoms with Gasteiger partial charge in [-0.25, -0.2) is 4.98 Å². The van der Waals surface area contributed by atoms with Crippen LogP contribution in [-0.2, 0) is 32.4 Å². The molecule has 3 rings (SSSR count). The van der Waals surface area contributed by atoms with Crippen molar-refractivity contribution in [1.82, 2.24) is 29.9 Å². The van der Waals surface area contributed by atoms with E-state index in [9.17, 15) is 4.79 Å². The summed E-state index contributed by atoms with van der Waals surface area (Å²) < 4.78 is 3.90. The Balaban J connectivity index is 1.28. The molecular formula is C30H47N7O. The van der Waals surface area contributed by atoms with Crippen molar-refractivity contribution in [2.45, 2.75) is 110 Å². The zero-order valence-electron chi connectivity index (χ0n) is 23.5. The minimum absolute atomic E-state index is 0.0477. The van der Waals surface area contributed by atoms with Gasteiger partial charge in [0.15, 0.2) is 5.95 Å². The van der Waals surface area contributed by atoms with Gasteiger partial charge in [0.1, 0.15) is 0 Å². The molecule has 3 aromatic rings. The number of imidazole rings is 1. The third-order valence-corrected chi connectivity index (χ3v) is 6.97. The molecule has 0 aliphatic heterocycles. The van der Waals surface area contributed by atoms with Crippen LogP contribution in [0.4, 0.5) is 5.95 Å². The molecule has 0 atom stereocenters. The molecule has 0 aliphatic carbocycles. The summed E-state index contributed by atoms with van der Waals surface area (Å²) in [4.78, 5) is 17.0. The first kappa shape index (κ1) is 29.4. The molecule has 0 unspecified atom stereocenters. The summed E-state index contributed by atoms with van der Waals surface area (Å²) in [6, 6.07) is 7.95. The number of aryl methyl sites for hydroxylation is 4. The van der Waals surface area contributed by atoms with E-state index in [1.165, 1.54) is 44.1 Å². The number of rotatable bonds is 19. The molecule has 8 nitrogen and oxygen atoms in total. The first-order valence-corrected chi connectivity index (χ1v) is 14.7. The van der Waals surface area contributed by atoms with Gasteiger partial charge >= 0.3 is 0 Å². The highest BCUT2D eigenvalue weighted by Crippen LogP contribution is 2.13. The minimum Gasteiger partial charge on any atom is -0.369 e. The number of hydrogen-bond donors (Lipinski definition) is 2. The van der Waals surface area contributed by atoms with E-state index in [4.69, 9.17) is 5.73 Å². The molecule has 0 aliphatic rings. The normalized spacial score (nSPS) is 11.2. The molecule has 2 aromatic heterocycles. The lowest BCUT2D eigenvalue weighted by molar-refractivity contribution is 0.0952. The van der Waals surface area contributed by atoms with Gasteiger partial charge in [0.25, 0.3) is 5.91 Å². The van der Waals surface area contributed by atoms with Gasteiger partial charge < -0.3 is 15.6 Å². The summed E-state index contributed by atoms with van der Waals surface area (Å²) in [6.07, 6.45) is 18.9. The molecule has 0 saturated heterocycles. The van der Waals surface area contributed by atoms with Crippen LogP contribution in [0, 0.1) is 0 Å². The number of aromatic nitrogens is 5. The molecule has 1 amide bonds. The van der Waals surface area contributed by atoms with Gasteiger partial charge in [0.05, 0.1) is 17.9 Å². The highest BCUT2D eigenvalue weighted by Gasteiger charge is 2.07. The summed E-state index contributed by atoms with van der Waals surface area (Å²) in [5.41, 5.74) is 10.2. The maximum atomic E-state index is 12.4. The molecule has 0 radical (unpaired) electrons. The average Bonchev–Trinajstić information content (AvgIpc) is 3.52. The lowest BCUT2D eigenvalue weighted by Gasteiger charge is -2.06. The van der Waals surface area contributed by atoms with Crippen LogP contribution < -0.4 is 11.1 Å². The predicted molar refractivity (Wildman–Crippen MR) is 154 cm³/mol. The van der Waals surface area contributed by atoms with Crippen LogP contribution >= 0.6 is 0 Å². The molecule has 8 heteroatoms. The van der Waals surface area contributed by atoms with Gasteiger partial charge in [-0.3, -0.25) is 9.48 Å². The van der Waals surface area contributed by atoms with Gasteiger partial charge in [-0.1, -0.05) is 69.7 Å². The minimum atomic E-state index is -0.0477.